The van der Waals surface area contributed by atoms with Gasteiger partial charge in [0.2, 0.25) is 11.8 Å². The molecule has 2 rings (SSSR count). The Morgan fingerprint density at radius 1 is 1.53 bits per heavy atom. The summed E-state index contributed by atoms with van der Waals surface area (Å²) in [4.78, 5) is 25.2. The maximum absolute atomic E-state index is 11.9. The van der Waals surface area contributed by atoms with Crippen LogP contribution in [0.2, 0.25) is 0 Å². The Kier molecular flexibility index (Phi) is 3.87. The summed E-state index contributed by atoms with van der Waals surface area (Å²) < 4.78 is 0. The van der Waals surface area contributed by atoms with Crippen LogP contribution in [0.1, 0.15) is 29.8 Å². The molecule has 1 atom stereocenters. The van der Waals surface area contributed by atoms with Crippen molar-refractivity contribution in [1.29, 1.82) is 0 Å². The van der Waals surface area contributed by atoms with Crippen LogP contribution in [-0.4, -0.2) is 46.5 Å². The maximum atomic E-state index is 11.9. The summed E-state index contributed by atoms with van der Waals surface area (Å²) in [5, 5.41) is 9.81. The van der Waals surface area contributed by atoms with Crippen molar-refractivity contribution in [1.82, 2.24) is 20.4 Å². The van der Waals surface area contributed by atoms with E-state index in [0.29, 0.717) is 25.8 Å². The van der Waals surface area contributed by atoms with Crippen LogP contribution in [0.5, 0.6) is 0 Å². The summed E-state index contributed by atoms with van der Waals surface area (Å²) in [6, 6.07) is -0.343. The fourth-order valence-electron chi connectivity index (χ4n) is 2.40. The number of aryl methyl sites for hydroxylation is 2. The number of likely N-dealkylation sites (tertiary alicyclic amines) is 1. The Morgan fingerprint density at radius 2 is 2.26 bits per heavy atom. The Balaban J connectivity index is 1.84. The fraction of sp³-hybridized carbons (Fsp3) is 0.615. The number of aromatic nitrogens is 2. The molecule has 1 fully saturated rings. The first kappa shape index (κ1) is 13.6. The molecule has 0 saturated carbocycles. The van der Waals surface area contributed by atoms with E-state index in [1.54, 1.807) is 11.9 Å². The lowest BCUT2D eigenvalue weighted by molar-refractivity contribution is -0.131. The summed E-state index contributed by atoms with van der Waals surface area (Å²) in [5.41, 5.74) is 3.02. The molecule has 6 nitrogen and oxygen atoms in total. The predicted molar refractivity (Wildman–Crippen MR) is 70.6 cm³/mol. The molecule has 2 amide bonds. The number of carbonyl (C=O) groups excluding carboxylic acids is 2. The molecule has 0 unspecified atom stereocenters. The number of aromatic amines is 1. The van der Waals surface area contributed by atoms with Gasteiger partial charge in [0.1, 0.15) is 6.04 Å². The van der Waals surface area contributed by atoms with E-state index in [0.717, 1.165) is 17.0 Å². The van der Waals surface area contributed by atoms with Gasteiger partial charge in [0.25, 0.3) is 0 Å². The van der Waals surface area contributed by atoms with Crippen LogP contribution in [-0.2, 0) is 16.0 Å². The van der Waals surface area contributed by atoms with Gasteiger partial charge in [-0.25, -0.2) is 0 Å². The maximum Gasteiger partial charge on any atom is 0.244 e. The number of hydrogen-bond acceptors (Lipinski definition) is 3. The summed E-state index contributed by atoms with van der Waals surface area (Å²) >= 11 is 0. The van der Waals surface area contributed by atoms with Gasteiger partial charge in [0.15, 0.2) is 0 Å². The molecule has 1 aliphatic rings. The lowest BCUT2D eigenvalue weighted by atomic mass is 10.1. The van der Waals surface area contributed by atoms with Crippen LogP contribution >= 0.6 is 0 Å². The van der Waals surface area contributed by atoms with Gasteiger partial charge in [0.05, 0.1) is 5.69 Å². The van der Waals surface area contributed by atoms with Crippen LogP contribution in [0.15, 0.2) is 0 Å². The Labute approximate surface area is 112 Å². The molecule has 1 aromatic heterocycles. The fourth-order valence-corrected chi connectivity index (χ4v) is 2.40. The molecule has 2 N–H and O–H groups in total. The van der Waals surface area contributed by atoms with E-state index in [1.165, 1.54) is 0 Å². The van der Waals surface area contributed by atoms with Gasteiger partial charge in [-0.15, -0.1) is 0 Å². The SMILES string of the molecule is Cc1n[nH]c(C)c1CCC(=O)N[C@H]1CCN(C)C1=O. The van der Waals surface area contributed by atoms with Gasteiger partial charge in [-0.1, -0.05) is 0 Å². The number of nitrogens with zero attached hydrogens (tertiary/aromatic N) is 2. The minimum atomic E-state index is -0.343. The van der Waals surface area contributed by atoms with Crippen molar-refractivity contribution in [2.75, 3.05) is 13.6 Å². The predicted octanol–water partition coefficient (Wildman–Crippen LogP) is 0.306. The molecule has 0 aromatic carbocycles. The van der Waals surface area contributed by atoms with E-state index in [9.17, 15) is 9.59 Å². The minimum absolute atomic E-state index is 0.00372. The van der Waals surface area contributed by atoms with Crippen molar-refractivity contribution in [3.8, 4) is 0 Å². The van der Waals surface area contributed by atoms with Gasteiger partial charge < -0.3 is 10.2 Å². The van der Waals surface area contributed by atoms with Crippen molar-refractivity contribution >= 4 is 11.8 Å². The van der Waals surface area contributed by atoms with Crippen molar-refractivity contribution in [3.63, 3.8) is 0 Å². The van der Waals surface area contributed by atoms with Crippen molar-refractivity contribution in [2.45, 2.75) is 39.2 Å². The van der Waals surface area contributed by atoms with E-state index in [2.05, 4.69) is 15.5 Å². The zero-order chi connectivity index (χ0) is 14.0. The van der Waals surface area contributed by atoms with E-state index in [4.69, 9.17) is 0 Å². The molecule has 1 saturated heterocycles. The topological polar surface area (TPSA) is 78.1 Å². The average molecular weight is 264 g/mol. The Morgan fingerprint density at radius 3 is 2.79 bits per heavy atom. The van der Waals surface area contributed by atoms with Gasteiger partial charge in [-0.05, 0) is 32.3 Å². The molecule has 0 bridgehead atoms. The van der Waals surface area contributed by atoms with E-state index in [-0.39, 0.29) is 17.9 Å². The van der Waals surface area contributed by atoms with Gasteiger partial charge in [0, 0.05) is 25.7 Å². The van der Waals surface area contributed by atoms with Crippen LogP contribution < -0.4 is 5.32 Å². The summed E-state index contributed by atoms with van der Waals surface area (Å²) in [6.07, 6.45) is 1.73. The summed E-state index contributed by atoms with van der Waals surface area (Å²) in [7, 11) is 1.76. The van der Waals surface area contributed by atoms with Crippen LogP contribution in [0.25, 0.3) is 0 Å². The lowest BCUT2D eigenvalue weighted by Crippen LogP contribution is -2.40. The molecule has 6 heteroatoms. The van der Waals surface area contributed by atoms with Crippen molar-refractivity contribution < 1.29 is 9.59 Å². The molecular formula is C13H20N4O2. The highest BCUT2D eigenvalue weighted by atomic mass is 16.2. The van der Waals surface area contributed by atoms with E-state index < -0.39 is 0 Å². The second kappa shape index (κ2) is 5.42. The van der Waals surface area contributed by atoms with Gasteiger partial charge >= 0.3 is 0 Å². The second-order valence-electron chi connectivity index (χ2n) is 5.08. The lowest BCUT2D eigenvalue weighted by Gasteiger charge is -2.12. The largest absolute Gasteiger partial charge is 0.344 e. The van der Waals surface area contributed by atoms with Crippen LogP contribution in [0, 0.1) is 13.8 Å². The number of rotatable bonds is 4. The van der Waals surface area contributed by atoms with Crippen LogP contribution in [0.3, 0.4) is 0 Å². The number of H-pyrrole nitrogens is 1. The van der Waals surface area contributed by atoms with E-state index in [1.807, 2.05) is 13.8 Å². The molecule has 2 heterocycles. The standard InChI is InChI=1S/C13H20N4O2/c1-8-10(9(2)16-15-8)4-5-12(18)14-11-6-7-17(3)13(11)19/h11H,4-7H2,1-3H3,(H,14,18)(H,15,16)/t11-/m0/s1. The van der Waals surface area contributed by atoms with Crippen LogP contribution in [0.4, 0.5) is 0 Å². The zero-order valence-corrected chi connectivity index (χ0v) is 11.6. The van der Waals surface area contributed by atoms with Crippen molar-refractivity contribution in [3.05, 3.63) is 17.0 Å². The molecule has 0 radical (unpaired) electrons. The number of likely N-dealkylation sites (N-methyl/N-ethyl adjacent to an activating group) is 1. The van der Waals surface area contributed by atoms with Crippen molar-refractivity contribution in [2.24, 2.45) is 0 Å². The Hall–Kier alpha value is -1.85. The normalized spacial score (nSPS) is 19.0. The Bertz CT molecular complexity index is 475. The number of nitrogens with one attached hydrogen (secondary N) is 2. The third-order valence-electron chi connectivity index (χ3n) is 3.65. The van der Waals surface area contributed by atoms with E-state index >= 15 is 0 Å². The van der Waals surface area contributed by atoms with Gasteiger partial charge in [-0.2, -0.15) is 5.10 Å². The molecule has 1 aliphatic heterocycles. The average Bonchev–Trinajstić information content (AvgIpc) is 2.85. The molecule has 104 valence electrons. The molecule has 0 aliphatic carbocycles. The molecule has 19 heavy (non-hydrogen) atoms. The molecular weight excluding hydrogens is 244 g/mol. The molecule has 0 spiro atoms. The highest BCUT2D eigenvalue weighted by Crippen LogP contribution is 2.13. The third kappa shape index (κ3) is 2.94. The number of hydrogen-bond donors (Lipinski definition) is 2. The third-order valence-corrected chi connectivity index (χ3v) is 3.65. The first-order valence-electron chi connectivity index (χ1n) is 6.54. The zero-order valence-electron chi connectivity index (χ0n) is 11.6. The highest BCUT2D eigenvalue weighted by molar-refractivity contribution is 5.89. The second-order valence-corrected chi connectivity index (χ2v) is 5.08. The first-order chi connectivity index (χ1) is 8.99. The smallest absolute Gasteiger partial charge is 0.244 e. The molecule has 1 aromatic rings. The monoisotopic (exact) mass is 264 g/mol. The summed E-state index contributed by atoms with van der Waals surface area (Å²) in [5.74, 6) is -0.0716. The first-order valence-corrected chi connectivity index (χ1v) is 6.54. The highest BCUT2D eigenvalue weighted by Gasteiger charge is 2.29. The minimum Gasteiger partial charge on any atom is -0.344 e. The number of amides is 2. The van der Waals surface area contributed by atoms with Gasteiger partial charge in [-0.3, -0.25) is 14.7 Å². The number of carbonyl (C=O) groups is 2. The summed E-state index contributed by atoms with van der Waals surface area (Å²) in [6.45, 7) is 4.58. The quantitative estimate of drug-likeness (QED) is 0.821.